The monoisotopic (exact) mass is 405 g/mol. The van der Waals surface area contributed by atoms with Gasteiger partial charge in [-0.2, -0.15) is 0 Å². The number of rotatable bonds is 5. The van der Waals surface area contributed by atoms with E-state index in [1.807, 2.05) is 41.3 Å². The van der Waals surface area contributed by atoms with Gasteiger partial charge in [0.1, 0.15) is 6.04 Å². The first kappa shape index (κ1) is 18.9. The average Bonchev–Trinajstić information content (AvgIpc) is 3.22. The number of anilines is 1. The summed E-state index contributed by atoms with van der Waals surface area (Å²) in [6, 6.07) is 6.82. The Bertz CT molecular complexity index is 1100. The smallest absolute Gasteiger partial charge is 0.235 e. The Hall–Kier alpha value is -3.06. The van der Waals surface area contributed by atoms with Crippen molar-refractivity contribution in [3.8, 4) is 0 Å². The van der Waals surface area contributed by atoms with Crippen LogP contribution in [0, 0.1) is 11.8 Å². The van der Waals surface area contributed by atoms with E-state index in [0.29, 0.717) is 19.6 Å². The van der Waals surface area contributed by atoms with E-state index in [4.69, 9.17) is 4.74 Å². The summed E-state index contributed by atoms with van der Waals surface area (Å²) in [5, 5.41) is 0.962. The SMILES string of the molecule is COCCCN1C(=O)[C@@H]2[C@H](C1=O)[C@@H](C(C)=O)N1c3c(ccc4cccnc34)C=C[C@@H]21. The lowest BCUT2D eigenvalue weighted by Crippen LogP contribution is -2.48. The summed E-state index contributed by atoms with van der Waals surface area (Å²) in [4.78, 5) is 47.2. The molecule has 4 atom stereocenters. The molecule has 2 aromatic rings. The summed E-state index contributed by atoms with van der Waals surface area (Å²) in [6.45, 7) is 2.30. The van der Waals surface area contributed by atoms with Crippen LogP contribution in [0.3, 0.4) is 0 Å². The molecule has 4 heterocycles. The summed E-state index contributed by atoms with van der Waals surface area (Å²) in [6.07, 6.45) is 6.25. The molecule has 2 saturated heterocycles. The van der Waals surface area contributed by atoms with Crippen LogP contribution in [0.2, 0.25) is 0 Å². The number of fused-ring (bicyclic) bond motifs is 7. The zero-order valence-corrected chi connectivity index (χ0v) is 16.9. The molecule has 0 spiro atoms. The summed E-state index contributed by atoms with van der Waals surface area (Å²) in [7, 11) is 1.59. The maximum Gasteiger partial charge on any atom is 0.235 e. The molecule has 2 amide bonds. The molecule has 0 unspecified atom stereocenters. The molecule has 154 valence electrons. The number of methoxy groups -OCH3 is 1. The molecule has 2 fully saturated rings. The van der Waals surface area contributed by atoms with Gasteiger partial charge >= 0.3 is 0 Å². The third-order valence-electron chi connectivity index (χ3n) is 6.48. The van der Waals surface area contributed by atoms with E-state index in [1.54, 1.807) is 13.3 Å². The maximum atomic E-state index is 13.3. The number of ether oxygens (including phenoxy) is 1. The molecule has 1 aromatic heterocycles. The van der Waals surface area contributed by atoms with E-state index in [1.165, 1.54) is 11.8 Å². The van der Waals surface area contributed by atoms with E-state index in [0.717, 1.165) is 22.2 Å². The third-order valence-corrected chi connectivity index (χ3v) is 6.48. The van der Waals surface area contributed by atoms with Crippen molar-refractivity contribution in [2.24, 2.45) is 11.8 Å². The number of hydrogen-bond acceptors (Lipinski definition) is 6. The molecule has 0 radical (unpaired) electrons. The van der Waals surface area contributed by atoms with Crippen molar-refractivity contribution in [1.29, 1.82) is 0 Å². The van der Waals surface area contributed by atoms with Gasteiger partial charge in [-0.25, -0.2) is 0 Å². The van der Waals surface area contributed by atoms with Crippen molar-refractivity contribution >= 4 is 40.3 Å². The summed E-state index contributed by atoms with van der Waals surface area (Å²) in [5.74, 6) is -1.78. The van der Waals surface area contributed by atoms with Gasteiger partial charge in [0.15, 0.2) is 5.78 Å². The van der Waals surface area contributed by atoms with E-state index in [-0.39, 0.29) is 23.6 Å². The van der Waals surface area contributed by atoms with E-state index in [9.17, 15) is 14.4 Å². The molecule has 0 saturated carbocycles. The Labute approximate surface area is 174 Å². The number of hydrogen-bond donors (Lipinski definition) is 0. The van der Waals surface area contributed by atoms with Gasteiger partial charge in [-0.1, -0.05) is 30.4 Å². The number of aromatic nitrogens is 1. The number of carbonyl (C=O) groups excluding carboxylic acids is 3. The number of benzene rings is 1. The zero-order valence-electron chi connectivity index (χ0n) is 16.9. The molecule has 0 bridgehead atoms. The number of likely N-dealkylation sites (tertiary alicyclic amines) is 1. The van der Waals surface area contributed by atoms with Crippen molar-refractivity contribution in [3.63, 3.8) is 0 Å². The molecule has 0 aliphatic carbocycles. The van der Waals surface area contributed by atoms with Gasteiger partial charge in [0.2, 0.25) is 11.8 Å². The van der Waals surface area contributed by atoms with Crippen LogP contribution in [0.4, 0.5) is 5.69 Å². The minimum Gasteiger partial charge on any atom is -0.385 e. The lowest BCUT2D eigenvalue weighted by molar-refractivity contribution is -0.141. The standard InChI is InChI=1S/C23H23N3O4/c1-13(27)20-18-17(22(28)25(23(18)29)11-4-12-30-2)16-9-8-15-7-6-14-5-3-10-24-19(14)21(15)26(16)20/h3,5-10,16-18,20H,4,11-12H2,1-2H3/t16-,17-,18-,20+/m0/s1. The Morgan fingerprint density at radius 3 is 2.73 bits per heavy atom. The fraction of sp³-hybridized carbons (Fsp3) is 0.391. The Morgan fingerprint density at radius 1 is 1.17 bits per heavy atom. The van der Waals surface area contributed by atoms with Gasteiger partial charge in [0.05, 0.1) is 29.1 Å². The van der Waals surface area contributed by atoms with Crippen LogP contribution >= 0.6 is 0 Å². The second kappa shape index (κ2) is 7.02. The quantitative estimate of drug-likeness (QED) is 0.560. The number of ketones is 1. The minimum absolute atomic E-state index is 0.110. The number of Topliss-reactive ketones (excluding diaryl/α,β-unsaturated/α-hetero) is 1. The van der Waals surface area contributed by atoms with Crippen LogP contribution in [0.1, 0.15) is 18.9 Å². The van der Waals surface area contributed by atoms with Gasteiger partial charge in [0.25, 0.3) is 0 Å². The van der Waals surface area contributed by atoms with Gasteiger partial charge in [-0.3, -0.25) is 24.3 Å². The second-order valence-electron chi connectivity index (χ2n) is 8.12. The number of amides is 2. The molecule has 3 aliphatic rings. The van der Waals surface area contributed by atoms with Gasteiger partial charge in [0, 0.05) is 31.8 Å². The number of carbonyl (C=O) groups is 3. The lowest BCUT2D eigenvalue weighted by Gasteiger charge is -2.36. The van der Waals surface area contributed by atoms with Crippen LogP contribution in [0.5, 0.6) is 0 Å². The minimum atomic E-state index is -0.680. The van der Waals surface area contributed by atoms with Crippen molar-refractivity contribution in [2.75, 3.05) is 25.2 Å². The highest BCUT2D eigenvalue weighted by Gasteiger charge is 2.63. The van der Waals surface area contributed by atoms with Crippen LogP contribution < -0.4 is 4.90 Å². The van der Waals surface area contributed by atoms with Gasteiger partial charge in [-0.05, 0) is 25.0 Å². The van der Waals surface area contributed by atoms with Crippen LogP contribution in [-0.2, 0) is 19.1 Å². The van der Waals surface area contributed by atoms with Crippen LogP contribution in [-0.4, -0.2) is 59.8 Å². The van der Waals surface area contributed by atoms with Gasteiger partial charge in [-0.15, -0.1) is 0 Å². The number of pyridine rings is 1. The fourth-order valence-corrected chi connectivity index (χ4v) is 5.29. The largest absolute Gasteiger partial charge is 0.385 e. The van der Waals surface area contributed by atoms with E-state index < -0.39 is 17.9 Å². The summed E-state index contributed by atoms with van der Waals surface area (Å²) in [5.41, 5.74) is 2.56. The second-order valence-corrected chi connectivity index (χ2v) is 8.12. The molecular formula is C23H23N3O4. The highest BCUT2D eigenvalue weighted by Crippen LogP contribution is 2.49. The number of nitrogens with zero attached hydrogens (tertiary/aromatic N) is 3. The van der Waals surface area contributed by atoms with E-state index in [2.05, 4.69) is 4.98 Å². The first-order chi connectivity index (χ1) is 14.5. The Morgan fingerprint density at radius 2 is 1.97 bits per heavy atom. The molecule has 5 rings (SSSR count). The number of imide groups is 1. The predicted octanol–water partition coefficient (Wildman–Crippen LogP) is 2.05. The van der Waals surface area contributed by atoms with Crippen molar-refractivity contribution < 1.29 is 19.1 Å². The molecule has 1 aromatic carbocycles. The van der Waals surface area contributed by atoms with Crippen molar-refractivity contribution in [2.45, 2.75) is 25.4 Å². The topological polar surface area (TPSA) is 79.8 Å². The highest BCUT2D eigenvalue weighted by molar-refractivity contribution is 6.12. The molecular weight excluding hydrogens is 382 g/mol. The predicted molar refractivity (Wildman–Crippen MR) is 112 cm³/mol. The summed E-state index contributed by atoms with van der Waals surface area (Å²) < 4.78 is 5.06. The van der Waals surface area contributed by atoms with Gasteiger partial charge < -0.3 is 9.64 Å². The first-order valence-electron chi connectivity index (χ1n) is 10.2. The molecule has 3 aliphatic heterocycles. The highest BCUT2D eigenvalue weighted by atomic mass is 16.5. The Kier molecular flexibility index (Phi) is 4.43. The third kappa shape index (κ3) is 2.55. The summed E-state index contributed by atoms with van der Waals surface area (Å²) >= 11 is 0. The van der Waals surface area contributed by atoms with E-state index >= 15 is 0 Å². The molecule has 7 heteroatoms. The zero-order chi connectivity index (χ0) is 21.0. The fourth-order valence-electron chi connectivity index (χ4n) is 5.29. The van der Waals surface area contributed by atoms with Crippen LogP contribution in [0.15, 0.2) is 36.5 Å². The first-order valence-corrected chi connectivity index (χ1v) is 10.2. The van der Waals surface area contributed by atoms with Crippen LogP contribution in [0.25, 0.3) is 17.0 Å². The molecule has 0 N–H and O–H groups in total. The maximum absolute atomic E-state index is 13.3. The molecule has 30 heavy (non-hydrogen) atoms. The average molecular weight is 405 g/mol. The lowest BCUT2D eigenvalue weighted by atomic mass is 9.88. The molecule has 7 nitrogen and oxygen atoms in total. The normalized spacial score (nSPS) is 26.9. The Balaban J connectivity index is 1.62. The van der Waals surface area contributed by atoms with Crippen molar-refractivity contribution in [1.82, 2.24) is 9.88 Å². The van der Waals surface area contributed by atoms with Crippen molar-refractivity contribution in [3.05, 3.63) is 42.1 Å².